The minimum Gasteiger partial charge on any atom is -0.481 e. The van der Waals surface area contributed by atoms with Crippen LogP contribution in [0.4, 0.5) is 0 Å². The Balaban J connectivity index is 3.24. The number of unbranched alkanes of at least 4 members (excludes halogenated alkanes) is 3. The van der Waals surface area contributed by atoms with Crippen molar-refractivity contribution < 1.29 is 19.4 Å². The summed E-state index contributed by atoms with van der Waals surface area (Å²) >= 11 is 10.5. The summed E-state index contributed by atoms with van der Waals surface area (Å²) in [6, 6.07) is 0. The second kappa shape index (κ2) is 8.80. The van der Waals surface area contributed by atoms with Gasteiger partial charge in [0.1, 0.15) is 0 Å². The van der Waals surface area contributed by atoms with E-state index in [1.165, 1.54) is 0 Å². The zero-order chi connectivity index (χ0) is 11.7. The molecule has 0 unspecified atom stereocenters. The minimum atomic E-state index is -1.11. The summed E-state index contributed by atoms with van der Waals surface area (Å²) in [7, 11) is 0. The van der Waals surface area contributed by atoms with Gasteiger partial charge in [0, 0.05) is 12.8 Å². The van der Waals surface area contributed by atoms with Gasteiger partial charge in [-0.15, -0.1) is 0 Å². The molecule has 1 N–H and O–H groups in total. The third kappa shape index (κ3) is 11.4. The molecule has 88 valence electrons. The Labute approximate surface area is 98.5 Å². The molecule has 0 aromatic rings. The molecule has 0 radical (unpaired) electrons. The smallest absolute Gasteiger partial charge is 0.308 e. The van der Waals surface area contributed by atoms with Crippen molar-refractivity contribution in [1.29, 1.82) is 0 Å². The molecule has 0 atom stereocenters. The van der Waals surface area contributed by atoms with Crippen molar-refractivity contribution in [2.24, 2.45) is 0 Å². The van der Waals surface area contributed by atoms with Crippen LogP contribution < -0.4 is 0 Å². The van der Waals surface area contributed by atoms with Crippen LogP contribution in [0.1, 0.15) is 38.5 Å². The van der Waals surface area contributed by atoms with E-state index in [0.29, 0.717) is 12.8 Å². The van der Waals surface area contributed by atoms with E-state index in [1.807, 2.05) is 0 Å². The zero-order valence-electron chi connectivity index (χ0n) is 8.25. The van der Waals surface area contributed by atoms with Gasteiger partial charge in [0.05, 0.1) is 0 Å². The monoisotopic (exact) mass is 256 g/mol. The summed E-state index contributed by atoms with van der Waals surface area (Å²) in [5.41, 5.74) is 0. The van der Waals surface area contributed by atoms with Gasteiger partial charge >= 0.3 is 11.9 Å². The first-order chi connectivity index (χ1) is 7.02. The van der Waals surface area contributed by atoms with Gasteiger partial charge in [-0.05, 0) is 12.8 Å². The van der Waals surface area contributed by atoms with Gasteiger partial charge < -0.3 is 9.84 Å². The Kier molecular flexibility index (Phi) is 8.52. The Morgan fingerprint density at radius 2 is 1.60 bits per heavy atom. The van der Waals surface area contributed by atoms with Gasteiger partial charge in [0.2, 0.25) is 0 Å². The maximum absolute atomic E-state index is 10.9. The Morgan fingerprint density at radius 3 is 2.07 bits per heavy atom. The van der Waals surface area contributed by atoms with E-state index in [0.717, 1.165) is 12.8 Å². The van der Waals surface area contributed by atoms with E-state index in [2.05, 4.69) is 4.74 Å². The number of esters is 1. The first-order valence-corrected chi connectivity index (χ1v) is 5.59. The minimum absolute atomic E-state index is 0.176. The van der Waals surface area contributed by atoms with Crippen LogP contribution in [0.3, 0.4) is 0 Å². The van der Waals surface area contributed by atoms with Crippen molar-refractivity contribution in [3.63, 3.8) is 0 Å². The van der Waals surface area contributed by atoms with Crippen LogP contribution in [0.5, 0.6) is 0 Å². The lowest BCUT2D eigenvalue weighted by Crippen LogP contribution is -2.07. The van der Waals surface area contributed by atoms with Crippen LogP contribution >= 0.6 is 23.2 Å². The number of aliphatic carboxylic acids is 1. The lowest BCUT2D eigenvalue weighted by atomic mass is 10.1. The maximum Gasteiger partial charge on any atom is 0.308 e. The Hall–Kier alpha value is -0.480. The standard InChI is InChI=1S/C9H14Cl2O4/c10-9(11)15-8(14)6-4-2-1-3-5-7(12)13/h9H,1-6H2,(H,12,13). The molecule has 0 aliphatic carbocycles. The third-order valence-corrected chi connectivity index (χ3v) is 1.92. The molecule has 0 fully saturated rings. The average molecular weight is 257 g/mol. The molecule has 0 aromatic carbocycles. The summed E-state index contributed by atoms with van der Waals surface area (Å²) in [6.07, 6.45) is 3.35. The summed E-state index contributed by atoms with van der Waals surface area (Å²) in [5, 5.41) is 7.25. The normalized spacial score (nSPS) is 10.3. The highest BCUT2D eigenvalue weighted by atomic mass is 35.5. The number of rotatable bonds is 8. The van der Waals surface area contributed by atoms with Gasteiger partial charge in [-0.1, -0.05) is 36.0 Å². The molecular weight excluding hydrogens is 243 g/mol. The molecule has 4 nitrogen and oxygen atoms in total. The number of carboxylic acids is 1. The molecule has 0 amide bonds. The topological polar surface area (TPSA) is 63.6 Å². The van der Waals surface area contributed by atoms with E-state index in [9.17, 15) is 9.59 Å². The van der Waals surface area contributed by atoms with Gasteiger partial charge in [0.25, 0.3) is 5.02 Å². The Morgan fingerprint density at radius 1 is 1.07 bits per heavy atom. The number of alkyl halides is 2. The molecule has 15 heavy (non-hydrogen) atoms. The highest BCUT2D eigenvalue weighted by Crippen LogP contribution is 2.09. The number of hydrogen-bond donors (Lipinski definition) is 1. The van der Waals surface area contributed by atoms with E-state index < -0.39 is 17.0 Å². The fourth-order valence-corrected chi connectivity index (χ4v) is 1.26. The van der Waals surface area contributed by atoms with E-state index in [4.69, 9.17) is 28.3 Å². The molecule has 6 heteroatoms. The van der Waals surface area contributed by atoms with Crippen LogP contribution in [0.2, 0.25) is 0 Å². The van der Waals surface area contributed by atoms with E-state index >= 15 is 0 Å². The first-order valence-electron chi connectivity index (χ1n) is 4.72. The molecule has 0 saturated carbocycles. The highest BCUT2D eigenvalue weighted by molar-refractivity contribution is 6.43. The number of halogens is 2. The van der Waals surface area contributed by atoms with Gasteiger partial charge in [-0.25, -0.2) is 0 Å². The molecule has 0 aliphatic rings. The molecule has 0 rings (SSSR count). The van der Waals surface area contributed by atoms with Crippen LogP contribution in [0, 0.1) is 0 Å². The Bertz CT molecular complexity index is 206. The number of ether oxygens (including phenoxy) is 1. The van der Waals surface area contributed by atoms with Crippen LogP contribution in [0.15, 0.2) is 0 Å². The lowest BCUT2D eigenvalue weighted by molar-refractivity contribution is -0.143. The van der Waals surface area contributed by atoms with Crippen molar-refractivity contribution >= 4 is 35.1 Å². The number of carbonyl (C=O) groups is 2. The zero-order valence-corrected chi connectivity index (χ0v) is 9.76. The van der Waals surface area contributed by atoms with Crippen molar-refractivity contribution in [3.8, 4) is 0 Å². The molecule has 0 aromatic heterocycles. The molecule has 0 saturated heterocycles. The molecule has 0 spiro atoms. The summed E-state index contributed by atoms with van der Waals surface area (Å²) in [5.74, 6) is -1.22. The predicted octanol–water partition coefficient (Wildman–Crippen LogP) is 2.72. The van der Waals surface area contributed by atoms with Gasteiger partial charge in [-0.3, -0.25) is 9.59 Å². The first kappa shape index (κ1) is 14.5. The largest absolute Gasteiger partial charge is 0.481 e. The van der Waals surface area contributed by atoms with E-state index in [1.54, 1.807) is 0 Å². The number of hydrogen-bond acceptors (Lipinski definition) is 3. The van der Waals surface area contributed by atoms with E-state index in [-0.39, 0.29) is 12.8 Å². The van der Waals surface area contributed by atoms with Crippen LogP contribution in [-0.4, -0.2) is 22.1 Å². The van der Waals surface area contributed by atoms with Crippen molar-refractivity contribution in [2.75, 3.05) is 0 Å². The SMILES string of the molecule is O=C(O)CCCCCCC(=O)OC(Cl)Cl. The third-order valence-electron chi connectivity index (χ3n) is 1.74. The van der Waals surface area contributed by atoms with Crippen LogP contribution in [-0.2, 0) is 14.3 Å². The lowest BCUT2D eigenvalue weighted by Gasteiger charge is -2.03. The fourth-order valence-electron chi connectivity index (χ4n) is 1.06. The van der Waals surface area contributed by atoms with Crippen molar-refractivity contribution in [1.82, 2.24) is 0 Å². The number of carbonyl (C=O) groups excluding carboxylic acids is 1. The second-order valence-corrected chi connectivity index (χ2v) is 4.07. The van der Waals surface area contributed by atoms with Gasteiger partial charge in [0.15, 0.2) is 0 Å². The van der Waals surface area contributed by atoms with Gasteiger partial charge in [-0.2, -0.15) is 0 Å². The molecule has 0 aliphatic heterocycles. The summed E-state index contributed by atoms with van der Waals surface area (Å²) < 4.78 is 4.49. The average Bonchev–Trinajstić information content (AvgIpc) is 2.09. The highest BCUT2D eigenvalue weighted by Gasteiger charge is 2.07. The summed E-state index contributed by atoms with van der Waals surface area (Å²) in [4.78, 5) is 21.1. The summed E-state index contributed by atoms with van der Waals surface area (Å²) in [6.45, 7) is 0. The van der Waals surface area contributed by atoms with Crippen molar-refractivity contribution in [3.05, 3.63) is 0 Å². The number of carboxylic acid groups (broad SMARTS) is 1. The maximum atomic E-state index is 10.9. The second-order valence-electron chi connectivity index (χ2n) is 3.06. The molecular formula is C9H14Cl2O4. The van der Waals surface area contributed by atoms with Crippen molar-refractivity contribution in [2.45, 2.75) is 43.5 Å². The quantitative estimate of drug-likeness (QED) is 0.412. The van der Waals surface area contributed by atoms with Crippen LogP contribution in [0.25, 0.3) is 0 Å². The molecule has 0 bridgehead atoms. The molecule has 0 heterocycles. The fraction of sp³-hybridized carbons (Fsp3) is 0.778. The predicted molar refractivity (Wildman–Crippen MR) is 56.9 cm³/mol.